The minimum atomic E-state index is 0.00209. The van der Waals surface area contributed by atoms with E-state index < -0.39 is 0 Å². The van der Waals surface area contributed by atoms with Crippen molar-refractivity contribution in [3.63, 3.8) is 0 Å². The molecule has 0 fully saturated rings. The molecule has 1 aromatic carbocycles. The highest BCUT2D eigenvalue weighted by Gasteiger charge is 2.12. The van der Waals surface area contributed by atoms with E-state index in [9.17, 15) is 0 Å². The third-order valence-electron chi connectivity index (χ3n) is 2.61. The Hall–Kier alpha value is -2.76. The van der Waals surface area contributed by atoms with Crippen LogP contribution >= 0.6 is 0 Å². The largest absolute Gasteiger partial charge is 0.423 e. The molecule has 90 valence electrons. The number of rotatable bonds is 2. The van der Waals surface area contributed by atoms with Crippen molar-refractivity contribution in [2.24, 2.45) is 10.9 Å². The average molecular weight is 242 g/mol. The van der Waals surface area contributed by atoms with Gasteiger partial charge in [-0.05, 0) is 24.3 Å². The molecule has 0 aliphatic carbocycles. The van der Waals surface area contributed by atoms with E-state index in [4.69, 9.17) is 15.4 Å². The molecule has 2 heterocycles. The second-order valence-corrected chi connectivity index (χ2v) is 3.71. The number of amidine groups is 1. The fourth-order valence-electron chi connectivity index (χ4n) is 1.77. The standard InChI is InChI=1S/C12H10N4O2/c13-11(15-17)9-5-3-7-16(9)12-14-8-4-1-2-6-10(8)18-12/h1-7,17H,(H2,13,15). The molecule has 3 rings (SSSR count). The Labute approximate surface area is 102 Å². The van der Waals surface area contributed by atoms with Crippen molar-refractivity contribution in [1.82, 2.24) is 9.55 Å². The number of hydrogen-bond acceptors (Lipinski definition) is 4. The van der Waals surface area contributed by atoms with Gasteiger partial charge in [0.15, 0.2) is 11.4 Å². The van der Waals surface area contributed by atoms with Gasteiger partial charge in [-0.3, -0.25) is 4.57 Å². The van der Waals surface area contributed by atoms with Crippen molar-refractivity contribution in [2.45, 2.75) is 0 Å². The van der Waals surface area contributed by atoms with Crippen LogP contribution < -0.4 is 5.73 Å². The second-order valence-electron chi connectivity index (χ2n) is 3.71. The van der Waals surface area contributed by atoms with E-state index in [0.29, 0.717) is 17.3 Å². The van der Waals surface area contributed by atoms with Gasteiger partial charge in [-0.2, -0.15) is 4.98 Å². The summed E-state index contributed by atoms with van der Waals surface area (Å²) in [5.41, 5.74) is 7.54. The van der Waals surface area contributed by atoms with Gasteiger partial charge < -0.3 is 15.4 Å². The van der Waals surface area contributed by atoms with Crippen LogP contribution in [0.1, 0.15) is 5.69 Å². The van der Waals surface area contributed by atoms with Gasteiger partial charge in [-0.1, -0.05) is 17.3 Å². The molecule has 0 spiro atoms. The average Bonchev–Trinajstić information content (AvgIpc) is 3.03. The zero-order valence-electron chi connectivity index (χ0n) is 9.32. The Bertz CT molecular complexity index is 693. The van der Waals surface area contributed by atoms with E-state index in [1.165, 1.54) is 0 Å². The van der Waals surface area contributed by atoms with Gasteiger partial charge in [0.1, 0.15) is 5.52 Å². The first kappa shape index (κ1) is 10.4. The van der Waals surface area contributed by atoms with Crippen molar-refractivity contribution >= 4 is 16.9 Å². The summed E-state index contributed by atoms with van der Waals surface area (Å²) in [4.78, 5) is 4.34. The highest BCUT2D eigenvalue weighted by atomic mass is 16.4. The lowest BCUT2D eigenvalue weighted by molar-refractivity contribution is 0.318. The molecule has 0 saturated carbocycles. The molecule has 0 radical (unpaired) electrons. The molecule has 0 aliphatic rings. The maximum absolute atomic E-state index is 8.72. The molecule has 6 nitrogen and oxygen atoms in total. The SMILES string of the molecule is N/C(=N/O)c1cccn1-c1nc2ccccc2o1. The molecule has 0 unspecified atom stereocenters. The van der Waals surface area contributed by atoms with Crippen molar-refractivity contribution in [2.75, 3.05) is 0 Å². The number of benzene rings is 1. The van der Waals surface area contributed by atoms with Gasteiger partial charge in [-0.15, -0.1) is 0 Å². The van der Waals surface area contributed by atoms with Gasteiger partial charge in [0, 0.05) is 6.20 Å². The third kappa shape index (κ3) is 1.51. The highest BCUT2D eigenvalue weighted by molar-refractivity contribution is 5.96. The van der Waals surface area contributed by atoms with Crippen LogP contribution in [0.5, 0.6) is 0 Å². The van der Waals surface area contributed by atoms with E-state index in [1.807, 2.05) is 24.3 Å². The van der Waals surface area contributed by atoms with Crippen LogP contribution in [0.4, 0.5) is 0 Å². The first-order valence-electron chi connectivity index (χ1n) is 5.31. The van der Waals surface area contributed by atoms with Crippen molar-refractivity contribution in [3.8, 4) is 6.01 Å². The Balaban J connectivity index is 2.18. The summed E-state index contributed by atoms with van der Waals surface area (Å²) in [6.07, 6.45) is 1.73. The van der Waals surface area contributed by atoms with Gasteiger partial charge >= 0.3 is 6.01 Å². The smallest absolute Gasteiger partial charge is 0.307 e. The monoisotopic (exact) mass is 242 g/mol. The maximum atomic E-state index is 8.72. The number of nitrogens with zero attached hydrogens (tertiary/aromatic N) is 3. The summed E-state index contributed by atoms with van der Waals surface area (Å²) in [5, 5.41) is 11.7. The van der Waals surface area contributed by atoms with Gasteiger partial charge in [-0.25, -0.2) is 0 Å². The summed E-state index contributed by atoms with van der Waals surface area (Å²) < 4.78 is 7.23. The van der Waals surface area contributed by atoms with Crippen LogP contribution in [0.3, 0.4) is 0 Å². The van der Waals surface area contributed by atoms with Crippen molar-refractivity contribution < 1.29 is 9.62 Å². The van der Waals surface area contributed by atoms with Gasteiger partial charge in [0.2, 0.25) is 0 Å². The predicted molar refractivity (Wildman–Crippen MR) is 65.8 cm³/mol. The van der Waals surface area contributed by atoms with Gasteiger partial charge in [0.05, 0.1) is 5.69 Å². The van der Waals surface area contributed by atoms with E-state index in [1.54, 1.807) is 22.9 Å². The molecule has 0 aliphatic heterocycles. The first-order chi connectivity index (χ1) is 8.79. The summed E-state index contributed by atoms with van der Waals surface area (Å²) in [5.74, 6) is 0.00209. The second kappa shape index (κ2) is 3.92. The third-order valence-corrected chi connectivity index (χ3v) is 2.61. The van der Waals surface area contributed by atoms with Crippen LogP contribution in [0, 0.1) is 0 Å². The number of aromatic nitrogens is 2. The number of oxazole rings is 1. The number of hydrogen-bond donors (Lipinski definition) is 2. The Kier molecular flexibility index (Phi) is 2.26. The normalized spacial score (nSPS) is 12.1. The van der Waals surface area contributed by atoms with Gasteiger partial charge in [0.25, 0.3) is 0 Å². The Morgan fingerprint density at radius 2 is 2.11 bits per heavy atom. The summed E-state index contributed by atoms with van der Waals surface area (Å²) in [6.45, 7) is 0. The molecule has 0 saturated heterocycles. The molecule has 0 amide bonds. The highest BCUT2D eigenvalue weighted by Crippen LogP contribution is 2.19. The van der Waals surface area contributed by atoms with Crippen molar-refractivity contribution in [1.29, 1.82) is 0 Å². The number of oxime groups is 1. The van der Waals surface area contributed by atoms with Crippen LogP contribution in [-0.2, 0) is 0 Å². The molecular formula is C12H10N4O2. The van der Waals surface area contributed by atoms with Crippen LogP contribution in [0.25, 0.3) is 17.1 Å². The Morgan fingerprint density at radius 1 is 1.28 bits per heavy atom. The summed E-state index contributed by atoms with van der Waals surface area (Å²) in [7, 11) is 0. The molecule has 3 N–H and O–H groups in total. The first-order valence-corrected chi connectivity index (χ1v) is 5.31. The Morgan fingerprint density at radius 3 is 2.89 bits per heavy atom. The minimum Gasteiger partial charge on any atom is -0.423 e. The number of fused-ring (bicyclic) bond motifs is 1. The van der Waals surface area contributed by atoms with Crippen molar-refractivity contribution in [3.05, 3.63) is 48.3 Å². The van der Waals surface area contributed by atoms with Crippen LogP contribution in [0.15, 0.2) is 52.2 Å². The number of para-hydroxylation sites is 2. The quantitative estimate of drug-likeness (QED) is 0.310. The molecule has 18 heavy (non-hydrogen) atoms. The number of nitrogens with two attached hydrogens (primary N) is 1. The molecule has 3 aromatic rings. The van der Waals surface area contributed by atoms with E-state index in [0.717, 1.165) is 5.52 Å². The molecule has 2 aromatic heterocycles. The predicted octanol–water partition coefficient (Wildman–Crippen LogP) is 1.71. The zero-order chi connectivity index (χ0) is 12.5. The van der Waals surface area contributed by atoms with Crippen LogP contribution in [0.2, 0.25) is 0 Å². The summed E-state index contributed by atoms with van der Waals surface area (Å²) >= 11 is 0. The van der Waals surface area contributed by atoms with E-state index in [2.05, 4.69) is 10.1 Å². The minimum absolute atomic E-state index is 0.00209. The van der Waals surface area contributed by atoms with E-state index >= 15 is 0 Å². The zero-order valence-corrected chi connectivity index (χ0v) is 9.32. The van der Waals surface area contributed by atoms with E-state index in [-0.39, 0.29) is 5.84 Å². The maximum Gasteiger partial charge on any atom is 0.307 e. The topological polar surface area (TPSA) is 89.6 Å². The lowest BCUT2D eigenvalue weighted by atomic mass is 10.3. The molecular weight excluding hydrogens is 232 g/mol. The summed E-state index contributed by atoms with van der Waals surface area (Å²) in [6, 6.07) is 11.3. The lowest BCUT2D eigenvalue weighted by Gasteiger charge is -2.01. The molecule has 0 bridgehead atoms. The fourth-order valence-corrected chi connectivity index (χ4v) is 1.77. The van der Waals surface area contributed by atoms with Crippen LogP contribution in [-0.4, -0.2) is 20.6 Å². The molecule has 0 atom stereocenters. The molecule has 6 heteroatoms. The lowest BCUT2D eigenvalue weighted by Crippen LogP contribution is -2.17. The fraction of sp³-hybridized carbons (Fsp3) is 0.